The lowest BCUT2D eigenvalue weighted by Gasteiger charge is -2.17. The number of nitrogens with zero attached hydrogens (tertiary/aromatic N) is 3. The van der Waals surface area contributed by atoms with Gasteiger partial charge in [0.2, 0.25) is 5.91 Å². The second-order valence-electron chi connectivity index (χ2n) is 5.10. The highest BCUT2D eigenvalue weighted by molar-refractivity contribution is 5.78. The third-order valence-electron chi connectivity index (χ3n) is 3.24. The fraction of sp³-hybridized carbons (Fsp3) is 0.500. The molecule has 3 amide bonds. The minimum absolute atomic E-state index is 0.0407. The van der Waals surface area contributed by atoms with Crippen molar-refractivity contribution in [1.82, 2.24) is 25.4 Å². The van der Waals surface area contributed by atoms with Gasteiger partial charge in [0, 0.05) is 45.1 Å². The first kappa shape index (κ1) is 15.2. The first-order chi connectivity index (χ1) is 10.1. The molecule has 114 valence electrons. The molecule has 2 heterocycles. The predicted octanol–water partition coefficient (Wildman–Crippen LogP) is -0.345. The average Bonchev–Trinajstić information content (AvgIpc) is 2.85. The molecule has 0 spiro atoms. The number of aromatic nitrogens is 1. The van der Waals surface area contributed by atoms with E-state index in [0.717, 1.165) is 5.56 Å². The average molecular weight is 291 g/mol. The topological polar surface area (TPSA) is 77.6 Å². The standard InChI is InChI=1S/C14H21N5O2/c1-18(10-12-3-2-4-15-9-12)11-13(20)16-5-7-19-8-6-17-14(19)21/h2-4,9H,5-8,10-11H2,1H3,(H,16,20)(H,17,21). The summed E-state index contributed by atoms with van der Waals surface area (Å²) in [5.41, 5.74) is 1.07. The van der Waals surface area contributed by atoms with E-state index < -0.39 is 0 Å². The Kier molecular flexibility index (Phi) is 5.51. The van der Waals surface area contributed by atoms with Crippen LogP contribution in [0.5, 0.6) is 0 Å². The van der Waals surface area contributed by atoms with Crippen molar-refractivity contribution in [2.24, 2.45) is 0 Å². The molecule has 1 fully saturated rings. The van der Waals surface area contributed by atoms with E-state index >= 15 is 0 Å². The molecule has 0 atom stereocenters. The summed E-state index contributed by atoms with van der Waals surface area (Å²) in [6.45, 7) is 3.41. The van der Waals surface area contributed by atoms with E-state index in [4.69, 9.17) is 0 Å². The third-order valence-corrected chi connectivity index (χ3v) is 3.24. The molecule has 0 saturated carbocycles. The highest BCUT2D eigenvalue weighted by atomic mass is 16.2. The SMILES string of the molecule is CN(CC(=O)NCCN1CCNC1=O)Cc1cccnc1. The van der Waals surface area contributed by atoms with Gasteiger partial charge in [-0.3, -0.25) is 14.7 Å². The van der Waals surface area contributed by atoms with Crippen molar-refractivity contribution in [2.75, 3.05) is 39.8 Å². The van der Waals surface area contributed by atoms with Gasteiger partial charge in [-0.15, -0.1) is 0 Å². The quantitative estimate of drug-likeness (QED) is 0.720. The summed E-state index contributed by atoms with van der Waals surface area (Å²) in [5.74, 6) is -0.0407. The number of likely N-dealkylation sites (N-methyl/N-ethyl adjacent to an activating group) is 1. The second kappa shape index (κ2) is 7.58. The Bertz CT molecular complexity index is 480. The molecule has 1 aliphatic rings. The van der Waals surface area contributed by atoms with Crippen molar-refractivity contribution in [2.45, 2.75) is 6.54 Å². The van der Waals surface area contributed by atoms with Crippen LogP contribution < -0.4 is 10.6 Å². The number of urea groups is 1. The normalized spacial score (nSPS) is 14.4. The maximum Gasteiger partial charge on any atom is 0.317 e. The van der Waals surface area contributed by atoms with Crippen molar-refractivity contribution < 1.29 is 9.59 Å². The number of carbonyl (C=O) groups excluding carboxylic acids is 2. The summed E-state index contributed by atoms with van der Waals surface area (Å²) in [5, 5.41) is 5.56. The number of carbonyl (C=O) groups is 2. The molecule has 2 N–H and O–H groups in total. The summed E-state index contributed by atoms with van der Waals surface area (Å²) < 4.78 is 0. The van der Waals surface area contributed by atoms with E-state index in [1.165, 1.54) is 0 Å². The van der Waals surface area contributed by atoms with Crippen LogP contribution in [0.2, 0.25) is 0 Å². The van der Waals surface area contributed by atoms with Crippen molar-refractivity contribution in [3.8, 4) is 0 Å². The number of pyridine rings is 1. The van der Waals surface area contributed by atoms with Crippen LogP contribution in [0.15, 0.2) is 24.5 Å². The van der Waals surface area contributed by atoms with Gasteiger partial charge in [-0.05, 0) is 18.7 Å². The van der Waals surface area contributed by atoms with E-state index in [9.17, 15) is 9.59 Å². The molecular weight excluding hydrogens is 270 g/mol. The minimum atomic E-state index is -0.0575. The Morgan fingerprint density at radius 2 is 2.43 bits per heavy atom. The molecule has 0 bridgehead atoms. The van der Waals surface area contributed by atoms with Crippen LogP contribution in [-0.4, -0.2) is 66.5 Å². The zero-order valence-corrected chi connectivity index (χ0v) is 12.2. The highest BCUT2D eigenvalue weighted by Crippen LogP contribution is 2.00. The van der Waals surface area contributed by atoms with E-state index in [2.05, 4.69) is 15.6 Å². The van der Waals surface area contributed by atoms with Gasteiger partial charge in [0.15, 0.2) is 0 Å². The largest absolute Gasteiger partial charge is 0.353 e. The summed E-state index contributed by atoms with van der Waals surface area (Å²) >= 11 is 0. The van der Waals surface area contributed by atoms with Crippen LogP contribution in [0.3, 0.4) is 0 Å². The summed E-state index contributed by atoms with van der Waals surface area (Å²) in [4.78, 5) is 30.8. The third kappa shape index (κ3) is 5.03. The zero-order valence-electron chi connectivity index (χ0n) is 12.2. The molecule has 1 aromatic heterocycles. The minimum Gasteiger partial charge on any atom is -0.353 e. The van der Waals surface area contributed by atoms with Crippen molar-refractivity contribution in [1.29, 1.82) is 0 Å². The Morgan fingerprint density at radius 3 is 3.10 bits per heavy atom. The maximum absolute atomic E-state index is 11.8. The van der Waals surface area contributed by atoms with Crippen LogP contribution in [0.4, 0.5) is 4.79 Å². The van der Waals surface area contributed by atoms with Gasteiger partial charge in [0.05, 0.1) is 6.54 Å². The first-order valence-electron chi connectivity index (χ1n) is 7.02. The van der Waals surface area contributed by atoms with E-state index in [-0.39, 0.29) is 11.9 Å². The molecule has 0 unspecified atom stereocenters. The van der Waals surface area contributed by atoms with Crippen LogP contribution in [0.1, 0.15) is 5.56 Å². The summed E-state index contributed by atoms with van der Waals surface area (Å²) in [6.07, 6.45) is 3.52. The fourth-order valence-electron chi connectivity index (χ4n) is 2.22. The van der Waals surface area contributed by atoms with Gasteiger partial charge in [-0.2, -0.15) is 0 Å². The lowest BCUT2D eigenvalue weighted by Crippen LogP contribution is -2.40. The molecule has 2 rings (SSSR count). The van der Waals surface area contributed by atoms with Crippen LogP contribution in [0.25, 0.3) is 0 Å². The van der Waals surface area contributed by atoms with E-state index in [1.807, 2.05) is 24.1 Å². The van der Waals surface area contributed by atoms with Gasteiger partial charge in [-0.25, -0.2) is 4.79 Å². The van der Waals surface area contributed by atoms with Gasteiger partial charge >= 0.3 is 6.03 Å². The number of amides is 3. The second-order valence-corrected chi connectivity index (χ2v) is 5.10. The van der Waals surface area contributed by atoms with Crippen LogP contribution in [-0.2, 0) is 11.3 Å². The first-order valence-corrected chi connectivity index (χ1v) is 7.02. The number of nitrogens with one attached hydrogen (secondary N) is 2. The van der Waals surface area contributed by atoms with Gasteiger partial charge in [0.25, 0.3) is 0 Å². The smallest absolute Gasteiger partial charge is 0.317 e. The van der Waals surface area contributed by atoms with Gasteiger partial charge < -0.3 is 15.5 Å². The fourth-order valence-corrected chi connectivity index (χ4v) is 2.22. The number of hydrogen-bond donors (Lipinski definition) is 2. The predicted molar refractivity (Wildman–Crippen MR) is 78.6 cm³/mol. The molecule has 21 heavy (non-hydrogen) atoms. The Balaban J connectivity index is 1.63. The Hall–Kier alpha value is -2.15. The molecule has 1 saturated heterocycles. The highest BCUT2D eigenvalue weighted by Gasteiger charge is 2.18. The zero-order chi connectivity index (χ0) is 15.1. The number of rotatable bonds is 7. The molecule has 1 aliphatic heterocycles. The monoisotopic (exact) mass is 291 g/mol. The molecule has 7 nitrogen and oxygen atoms in total. The molecule has 1 aromatic rings. The van der Waals surface area contributed by atoms with Gasteiger partial charge in [-0.1, -0.05) is 6.07 Å². The molecule has 0 radical (unpaired) electrons. The lowest BCUT2D eigenvalue weighted by molar-refractivity contribution is -0.122. The van der Waals surface area contributed by atoms with Crippen LogP contribution in [0, 0.1) is 0 Å². The number of hydrogen-bond acceptors (Lipinski definition) is 4. The lowest BCUT2D eigenvalue weighted by atomic mass is 10.3. The van der Waals surface area contributed by atoms with Crippen molar-refractivity contribution in [3.05, 3.63) is 30.1 Å². The maximum atomic E-state index is 11.8. The van der Waals surface area contributed by atoms with E-state index in [1.54, 1.807) is 17.3 Å². The van der Waals surface area contributed by atoms with Gasteiger partial charge in [0.1, 0.15) is 0 Å². The van der Waals surface area contributed by atoms with E-state index in [0.29, 0.717) is 39.3 Å². The molecule has 7 heteroatoms. The molecular formula is C14H21N5O2. The van der Waals surface area contributed by atoms with Crippen LogP contribution >= 0.6 is 0 Å². The summed E-state index contributed by atoms with van der Waals surface area (Å²) in [6, 6.07) is 3.80. The van der Waals surface area contributed by atoms with Crippen molar-refractivity contribution >= 4 is 11.9 Å². The Labute approximate surface area is 124 Å². The molecule has 0 aliphatic carbocycles. The van der Waals surface area contributed by atoms with Crippen molar-refractivity contribution in [3.63, 3.8) is 0 Å². The Morgan fingerprint density at radius 1 is 1.57 bits per heavy atom. The summed E-state index contributed by atoms with van der Waals surface area (Å²) in [7, 11) is 1.89. The molecule has 0 aromatic carbocycles.